The van der Waals surface area contributed by atoms with Crippen LogP contribution in [0.1, 0.15) is 22.8 Å². The van der Waals surface area contributed by atoms with Gasteiger partial charge in [0.15, 0.2) is 0 Å². The third kappa shape index (κ3) is 7.43. The van der Waals surface area contributed by atoms with Crippen molar-refractivity contribution in [3.8, 4) is 5.88 Å². The monoisotopic (exact) mass is 565 g/mol. The number of hydrogen-bond acceptors (Lipinski definition) is 7. The fourth-order valence-corrected chi connectivity index (χ4v) is 2.90. The number of halogens is 6. The Morgan fingerprint density at radius 1 is 1.20 bits per heavy atom. The van der Waals surface area contributed by atoms with Gasteiger partial charge in [0.25, 0.3) is 5.56 Å². The molecule has 0 aliphatic heterocycles. The van der Waals surface area contributed by atoms with E-state index in [0.29, 0.717) is 17.2 Å². The Morgan fingerprint density at radius 3 is 2.37 bits per heavy atom. The first-order valence-electron chi connectivity index (χ1n) is 9.42. The summed E-state index contributed by atoms with van der Waals surface area (Å²) in [7, 11) is 0. The van der Waals surface area contributed by atoms with Crippen molar-refractivity contribution in [3.05, 3.63) is 73.6 Å². The third-order valence-corrected chi connectivity index (χ3v) is 4.92. The molecule has 15 heteroatoms. The van der Waals surface area contributed by atoms with Crippen molar-refractivity contribution in [3.63, 3.8) is 0 Å². The Balaban J connectivity index is 0.000000540. The number of aliphatic carboxylic acids is 1. The van der Waals surface area contributed by atoms with Crippen LogP contribution < -0.4 is 16.0 Å². The standard InChI is InChI=1S/C18H16BrF2N5O2.C2HF3O2/c1-9-23-6-12(16(22)24-9)7-26-10(2)25-17(15(19)18(26)27)28-8-11-3-4-13(20)5-14(11)21;3-2(4,5)1(6)7/h3-6H,7-8H2,1-2H3,(H2,22,23,24);(H,6,7). The van der Waals surface area contributed by atoms with Crippen molar-refractivity contribution in [1.82, 2.24) is 19.5 Å². The molecule has 0 fully saturated rings. The number of anilines is 1. The van der Waals surface area contributed by atoms with Crippen LogP contribution >= 0.6 is 15.9 Å². The van der Waals surface area contributed by atoms with Gasteiger partial charge in [0.2, 0.25) is 5.88 Å². The molecule has 3 aromatic rings. The van der Waals surface area contributed by atoms with Crippen LogP contribution in [0.2, 0.25) is 0 Å². The van der Waals surface area contributed by atoms with Gasteiger partial charge in [0.05, 0.1) is 6.54 Å². The average Bonchev–Trinajstić information content (AvgIpc) is 2.75. The van der Waals surface area contributed by atoms with Gasteiger partial charge in [0.1, 0.15) is 40.2 Å². The molecule has 0 radical (unpaired) electrons. The minimum Gasteiger partial charge on any atom is -0.475 e. The number of alkyl halides is 3. The Hall–Kier alpha value is -3.62. The van der Waals surface area contributed by atoms with Gasteiger partial charge >= 0.3 is 12.1 Å². The Bertz CT molecular complexity index is 1300. The number of rotatable bonds is 5. The highest BCUT2D eigenvalue weighted by Gasteiger charge is 2.38. The summed E-state index contributed by atoms with van der Waals surface area (Å²) >= 11 is 3.18. The van der Waals surface area contributed by atoms with Gasteiger partial charge in [-0.2, -0.15) is 18.2 Å². The highest BCUT2D eigenvalue weighted by molar-refractivity contribution is 9.10. The van der Waals surface area contributed by atoms with Crippen molar-refractivity contribution in [1.29, 1.82) is 0 Å². The lowest BCUT2D eigenvalue weighted by Gasteiger charge is -2.14. The second-order valence-corrected chi connectivity index (χ2v) is 7.62. The number of carbonyl (C=O) groups is 1. The number of carboxylic acid groups (broad SMARTS) is 1. The van der Waals surface area contributed by atoms with E-state index >= 15 is 0 Å². The van der Waals surface area contributed by atoms with Gasteiger partial charge in [-0.1, -0.05) is 0 Å². The molecule has 2 heterocycles. The maximum absolute atomic E-state index is 13.7. The van der Waals surface area contributed by atoms with E-state index in [9.17, 15) is 26.7 Å². The number of aryl methyl sites for hydroxylation is 2. The molecule has 1 aromatic carbocycles. The van der Waals surface area contributed by atoms with Crippen LogP contribution in [0.3, 0.4) is 0 Å². The Labute approximate surface area is 202 Å². The molecule has 0 saturated carbocycles. The van der Waals surface area contributed by atoms with E-state index in [1.54, 1.807) is 20.0 Å². The predicted octanol–water partition coefficient (Wildman–Crippen LogP) is 3.53. The van der Waals surface area contributed by atoms with Gasteiger partial charge in [-0.05, 0) is 41.9 Å². The van der Waals surface area contributed by atoms with Gasteiger partial charge in [0, 0.05) is 23.4 Å². The highest BCUT2D eigenvalue weighted by atomic mass is 79.9. The first-order valence-corrected chi connectivity index (χ1v) is 10.2. The van der Waals surface area contributed by atoms with Gasteiger partial charge in [-0.25, -0.2) is 23.5 Å². The van der Waals surface area contributed by atoms with Crippen LogP contribution in [0.15, 0.2) is 33.7 Å². The smallest absolute Gasteiger partial charge is 0.475 e. The molecule has 2 aromatic heterocycles. The molecule has 0 amide bonds. The summed E-state index contributed by atoms with van der Waals surface area (Å²) in [6.07, 6.45) is -3.53. The topological polar surface area (TPSA) is 133 Å². The zero-order valence-corrected chi connectivity index (χ0v) is 19.6. The summed E-state index contributed by atoms with van der Waals surface area (Å²) in [6.45, 7) is 3.27. The van der Waals surface area contributed by atoms with Gasteiger partial charge in [-0.3, -0.25) is 9.36 Å². The van der Waals surface area contributed by atoms with Crippen molar-refractivity contribution < 1.29 is 36.6 Å². The predicted molar refractivity (Wildman–Crippen MR) is 116 cm³/mol. The molecule has 9 nitrogen and oxygen atoms in total. The van der Waals surface area contributed by atoms with Crippen LogP contribution in [-0.2, 0) is 17.9 Å². The van der Waals surface area contributed by atoms with E-state index in [-0.39, 0.29) is 34.9 Å². The number of nitrogens with two attached hydrogens (primary N) is 1. The lowest BCUT2D eigenvalue weighted by Crippen LogP contribution is -2.26. The number of nitrogens with zero attached hydrogens (tertiary/aromatic N) is 4. The maximum Gasteiger partial charge on any atom is 0.490 e. The summed E-state index contributed by atoms with van der Waals surface area (Å²) in [5, 5.41) is 7.12. The summed E-state index contributed by atoms with van der Waals surface area (Å²) in [5.41, 5.74) is 6.20. The van der Waals surface area contributed by atoms with Crippen molar-refractivity contribution in [2.75, 3.05) is 5.73 Å². The second-order valence-electron chi connectivity index (χ2n) is 6.82. The molecule has 188 valence electrons. The number of hydrogen-bond donors (Lipinski definition) is 2. The zero-order chi connectivity index (χ0) is 26.5. The normalized spacial score (nSPS) is 11.0. The maximum atomic E-state index is 13.7. The van der Waals surface area contributed by atoms with Crippen LogP contribution in [0.5, 0.6) is 5.88 Å². The largest absolute Gasteiger partial charge is 0.490 e. The second kappa shape index (κ2) is 11.2. The van der Waals surface area contributed by atoms with Crippen molar-refractivity contribution in [2.45, 2.75) is 33.2 Å². The molecule has 0 bridgehead atoms. The number of nitrogen functional groups attached to an aromatic ring is 1. The number of aromatic nitrogens is 4. The minimum atomic E-state index is -5.08. The Morgan fingerprint density at radius 2 is 1.83 bits per heavy atom. The highest BCUT2D eigenvalue weighted by Crippen LogP contribution is 2.21. The fraction of sp³-hybridized carbons (Fsp3) is 0.250. The van der Waals surface area contributed by atoms with E-state index in [0.717, 1.165) is 12.1 Å². The van der Waals surface area contributed by atoms with Gasteiger partial charge < -0.3 is 15.6 Å². The van der Waals surface area contributed by atoms with Crippen LogP contribution in [0, 0.1) is 25.5 Å². The molecule has 0 unspecified atom stereocenters. The van der Waals surface area contributed by atoms with Crippen LogP contribution in [0.4, 0.5) is 27.8 Å². The molecule has 0 aliphatic rings. The zero-order valence-electron chi connectivity index (χ0n) is 18.0. The number of carboxylic acids is 1. The molecular weight excluding hydrogens is 549 g/mol. The van der Waals surface area contributed by atoms with E-state index in [2.05, 4.69) is 30.9 Å². The van der Waals surface area contributed by atoms with Crippen LogP contribution in [-0.4, -0.2) is 36.8 Å². The first-order chi connectivity index (χ1) is 16.2. The molecule has 3 rings (SSSR count). The van der Waals surface area contributed by atoms with E-state index in [4.69, 9.17) is 20.4 Å². The molecule has 0 spiro atoms. The third-order valence-electron chi connectivity index (χ3n) is 4.24. The lowest BCUT2D eigenvalue weighted by atomic mass is 10.2. The lowest BCUT2D eigenvalue weighted by molar-refractivity contribution is -0.192. The molecular formula is C20H17BrF5N5O4. The van der Waals surface area contributed by atoms with E-state index in [1.807, 2.05) is 0 Å². The molecule has 35 heavy (non-hydrogen) atoms. The van der Waals surface area contributed by atoms with E-state index < -0.39 is 29.3 Å². The fourth-order valence-electron chi connectivity index (χ4n) is 2.48. The minimum absolute atomic E-state index is 0.00982. The quantitative estimate of drug-likeness (QED) is 0.449. The summed E-state index contributed by atoms with van der Waals surface area (Å²) in [4.78, 5) is 34.0. The summed E-state index contributed by atoms with van der Waals surface area (Å²) in [5.74, 6) is -3.00. The SMILES string of the molecule is Cc1ncc(Cn2c(C)nc(OCc3ccc(F)cc3F)c(Br)c2=O)c(N)n1.O=C(O)C(F)(F)F. The number of ether oxygens (including phenoxy) is 1. The Kier molecular flexibility index (Phi) is 8.84. The van der Waals surface area contributed by atoms with Crippen LogP contribution in [0.25, 0.3) is 0 Å². The number of benzene rings is 1. The molecule has 0 aliphatic carbocycles. The molecule has 3 N–H and O–H groups in total. The molecule has 0 saturated heterocycles. The summed E-state index contributed by atoms with van der Waals surface area (Å²) < 4.78 is 65.4. The molecule has 0 atom stereocenters. The van der Waals surface area contributed by atoms with Crippen molar-refractivity contribution >= 4 is 27.7 Å². The first kappa shape index (κ1) is 27.6. The average molecular weight is 566 g/mol. The van der Waals surface area contributed by atoms with Gasteiger partial charge in [-0.15, -0.1) is 0 Å². The van der Waals surface area contributed by atoms with Crippen molar-refractivity contribution in [2.24, 2.45) is 0 Å². The summed E-state index contributed by atoms with van der Waals surface area (Å²) in [6, 6.07) is 3.16. The van der Waals surface area contributed by atoms with E-state index in [1.165, 1.54) is 10.6 Å².